The van der Waals surface area contributed by atoms with E-state index in [1.807, 2.05) is 6.92 Å². The van der Waals surface area contributed by atoms with Crippen molar-refractivity contribution in [3.8, 4) is 0 Å². The summed E-state index contributed by atoms with van der Waals surface area (Å²) in [4.78, 5) is 0. The zero-order valence-electron chi connectivity index (χ0n) is 8.28. The first-order chi connectivity index (χ1) is 6.18. The van der Waals surface area contributed by atoms with E-state index in [1.54, 1.807) is 6.92 Å². The second-order valence-corrected chi connectivity index (χ2v) is 2.38. The van der Waals surface area contributed by atoms with Crippen LogP contribution >= 0.6 is 0 Å². The van der Waals surface area contributed by atoms with Crippen LogP contribution in [0.2, 0.25) is 0 Å². The predicted octanol–water partition coefficient (Wildman–Crippen LogP) is 0.908. The molecule has 13 heavy (non-hydrogen) atoms. The van der Waals surface area contributed by atoms with Gasteiger partial charge in [-0.15, -0.1) is 6.58 Å². The zero-order chi connectivity index (χ0) is 10.2. The van der Waals surface area contributed by atoms with Gasteiger partial charge in [0.15, 0.2) is 0 Å². The van der Waals surface area contributed by atoms with Crippen molar-refractivity contribution in [2.75, 3.05) is 26.4 Å². The molecular formula is C9H18O4. The second kappa shape index (κ2) is 7.03. The SMILES string of the molecule is C=CCOC(O)(COCC)OCC. The van der Waals surface area contributed by atoms with E-state index in [1.165, 1.54) is 6.08 Å². The van der Waals surface area contributed by atoms with Crippen molar-refractivity contribution in [2.45, 2.75) is 19.8 Å². The lowest BCUT2D eigenvalue weighted by atomic mass is 10.5. The largest absolute Gasteiger partial charge is 0.373 e. The monoisotopic (exact) mass is 190 g/mol. The maximum atomic E-state index is 9.66. The molecule has 0 heterocycles. The molecule has 0 bridgehead atoms. The van der Waals surface area contributed by atoms with E-state index < -0.39 is 5.97 Å². The molecule has 1 N–H and O–H groups in total. The van der Waals surface area contributed by atoms with Crippen molar-refractivity contribution in [3.05, 3.63) is 12.7 Å². The number of ether oxygens (including phenoxy) is 3. The number of hydrogen-bond acceptors (Lipinski definition) is 4. The van der Waals surface area contributed by atoms with Crippen LogP contribution < -0.4 is 0 Å². The third-order valence-corrected chi connectivity index (χ3v) is 1.29. The molecule has 0 saturated carbocycles. The van der Waals surface area contributed by atoms with Gasteiger partial charge in [0.2, 0.25) is 0 Å². The van der Waals surface area contributed by atoms with E-state index in [-0.39, 0.29) is 13.2 Å². The Balaban J connectivity index is 3.90. The molecule has 0 rings (SSSR count). The van der Waals surface area contributed by atoms with Crippen LogP contribution in [0.3, 0.4) is 0 Å². The lowest BCUT2D eigenvalue weighted by Crippen LogP contribution is -2.41. The zero-order valence-corrected chi connectivity index (χ0v) is 8.28. The minimum Gasteiger partial charge on any atom is -0.373 e. The quantitative estimate of drug-likeness (QED) is 0.456. The van der Waals surface area contributed by atoms with Gasteiger partial charge in [0, 0.05) is 13.2 Å². The summed E-state index contributed by atoms with van der Waals surface area (Å²) in [6.07, 6.45) is 1.54. The Bertz CT molecular complexity index is 138. The summed E-state index contributed by atoms with van der Waals surface area (Å²) in [7, 11) is 0. The molecule has 0 amide bonds. The lowest BCUT2D eigenvalue weighted by molar-refractivity contribution is -0.371. The van der Waals surface area contributed by atoms with Crippen LogP contribution in [0.4, 0.5) is 0 Å². The normalized spacial score (nSPS) is 15.3. The molecule has 0 fully saturated rings. The van der Waals surface area contributed by atoms with E-state index in [0.29, 0.717) is 13.2 Å². The van der Waals surface area contributed by atoms with E-state index in [4.69, 9.17) is 14.2 Å². The molecule has 0 aliphatic rings. The van der Waals surface area contributed by atoms with Crippen molar-refractivity contribution in [2.24, 2.45) is 0 Å². The van der Waals surface area contributed by atoms with Gasteiger partial charge < -0.3 is 19.3 Å². The van der Waals surface area contributed by atoms with E-state index in [0.717, 1.165) is 0 Å². The van der Waals surface area contributed by atoms with Crippen LogP contribution in [-0.2, 0) is 14.2 Å². The summed E-state index contributed by atoms with van der Waals surface area (Å²) >= 11 is 0. The third kappa shape index (κ3) is 5.76. The lowest BCUT2D eigenvalue weighted by Gasteiger charge is -2.26. The highest BCUT2D eigenvalue weighted by molar-refractivity contribution is 4.66. The average molecular weight is 190 g/mol. The second-order valence-electron chi connectivity index (χ2n) is 2.38. The van der Waals surface area contributed by atoms with Crippen molar-refractivity contribution in [3.63, 3.8) is 0 Å². The minimum atomic E-state index is -1.64. The van der Waals surface area contributed by atoms with E-state index in [2.05, 4.69) is 6.58 Å². The third-order valence-electron chi connectivity index (χ3n) is 1.29. The molecular weight excluding hydrogens is 172 g/mol. The van der Waals surface area contributed by atoms with Gasteiger partial charge in [-0.05, 0) is 13.8 Å². The number of rotatable bonds is 8. The summed E-state index contributed by atoms with van der Waals surface area (Å²) in [5.41, 5.74) is 0. The molecule has 0 spiro atoms. The molecule has 0 aliphatic carbocycles. The van der Waals surface area contributed by atoms with Crippen LogP contribution in [-0.4, -0.2) is 37.5 Å². The summed E-state index contributed by atoms with van der Waals surface area (Å²) < 4.78 is 15.0. The van der Waals surface area contributed by atoms with Crippen LogP contribution in [0.15, 0.2) is 12.7 Å². The van der Waals surface area contributed by atoms with Crippen LogP contribution in [0, 0.1) is 0 Å². The van der Waals surface area contributed by atoms with Crippen molar-refractivity contribution in [1.82, 2.24) is 0 Å². The Morgan fingerprint density at radius 1 is 1.31 bits per heavy atom. The van der Waals surface area contributed by atoms with Crippen molar-refractivity contribution >= 4 is 0 Å². The molecule has 1 unspecified atom stereocenters. The van der Waals surface area contributed by atoms with Crippen LogP contribution in [0.25, 0.3) is 0 Å². The smallest absolute Gasteiger partial charge is 0.305 e. The van der Waals surface area contributed by atoms with Gasteiger partial charge >= 0.3 is 5.97 Å². The van der Waals surface area contributed by atoms with Crippen molar-refractivity contribution < 1.29 is 19.3 Å². The van der Waals surface area contributed by atoms with Crippen LogP contribution in [0.5, 0.6) is 0 Å². The van der Waals surface area contributed by atoms with Gasteiger partial charge in [0.1, 0.15) is 6.61 Å². The van der Waals surface area contributed by atoms with Gasteiger partial charge in [-0.1, -0.05) is 6.08 Å². The molecule has 0 radical (unpaired) electrons. The first kappa shape index (κ1) is 12.6. The Kier molecular flexibility index (Phi) is 6.80. The Labute approximate surface area is 79.1 Å². The minimum absolute atomic E-state index is 0.00514. The Morgan fingerprint density at radius 3 is 2.46 bits per heavy atom. The molecule has 0 aromatic heterocycles. The van der Waals surface area contributed by atoms with Crippen LogP contribution in [0.1, 0.15) is 13.8 Å². The molecule has 0 saturated heterocycles. The van der Waals surface area contributed by atoms with Gasteiger partial charge in [-0.3, -0.25) is 0 Å². The van der Waals surface area contributed by atoms with Gasteiger partial charge in [0.05, 0.1) is 6.61 Å². The highest BCUT2D eigenvalue weighted by Crippen LogP contribution is 2.09. The van der Waals surface area contributed by atoms with Gasteiger partial charge in [-0.25, -0.2) is 0 Å². The fourth-order valence-electron chi connectivity index (χ4n) is 0.771. The molecule has 78 valence electrons. The maximum Gasteiger partial charge on any atom is 0.305 e. The molecule has 4 heteroatoms. The fraction of sp³-hybridized carbons (Fsp3) is 0.778. The summed E-state index contributed by atoms with van der Waals surface area (Å²) in [6, 6.07) is 0. The Morgan fingerprint density at radius 2 is 2.00 bits per heavy atom. The first-order valence-electron chi connectivity index (χ1n) is 4.37. The predicted molar refractivity (Wildman–Crippen MR) is 49.2 cm³/mol. The highest BCUT2D eigenvalue weighted by atomic mass is 16.8. The summed E-state index contributed by atoms with van der Waals surface area (Å²) in [5, 5.41) is 9.66. The van der Waals surface area contributed by atoms with E-state index >= 15 is 0 Å². The molecule has 0 aliphatic heterocycles. The Hall–Kier alpha value is -0.420. The van der Waals surface area contributed by atoms with Gasteiger partial charge in [0.25, 0.3) is 0 Å². The highest BCUT2D eigenvalue weighted by Gasteiger charge is 2.28. The average Bonchev–Trinajstić information content (AvgIpc) is 2.12. The standard InChI is InChI=1S/C9H18O4/c1-4-7-13-9(10,12-6-3)8-11-5-2/h4,10H,1,5-8H2,2-3H3. The number of aliphatic hydroxyl groups is 1. The molecule has 4 nitrogen and oxygen atoms in total. The fourth-order valence-corrected chi connectivity index (χ4v) is 0.771. The van der Waals surface area contributed by atoms with Crippen molar-refractivity contribution in [1.29, 1.82) is 0 Å². The molecule has 1 atom stereocenters. The summed E-state index contributed by atoms with van der Waals surface area (Å²) in [6.45, 7) is 8.18. The first-order valence-corrected chi connectivity index (χ1v) is 4.37. The maximum absolute atomic E-state index is 9.66. The molecule has 0 aromatic rings. The number of hydrogen-bond donors (Lipinski definition) is 1. The topological polar surface area (TPSA) is 47.9 Å². The van der Waals surface area contributed by atoms with E-state index in [9.17, 15) is 5.11 Å². The molecule has 0 aromatic carbocycles. The van der Waals surface area contributed by atoms with Gasteiger partial charge in [-0.2, -0.15) is 0 Å². The summed E-state index contributed by atoms with van der Waals surface area (Å²) in [5.74, 6) is -1.64.